The molecule has 0 radical (unpaired) electrons. The first-order valence-corrected chi connectivity index (χ1v) is 6.17. The molecule has 0 atom stereocenters. The van der Waals surface area contributed by atoms with Crippen LogP contribution in [0.2, 0.25) is 0 Å². The number of hydrogen-bond donors (Lipinski definition) is 2. The van der Waals surface area contributed by atoms with E-state index in [0.717, 1.165) is 12.8 Å². The Balaban J connectivity index is 1.74. The van der Waals surface area contributed by atoms with Gasteiger partial charge < -0.3 is 5.32 Å². The van der Waals surface area contributed by atoms with Gasteiger partial charge in [0.2, 0.25) is 5.91 Å². The molecule has 19 heavy (non-hydrogen) atoms. The van der Waals surface area contributed by atoms with Crippen molar-refractivity contribution in [1.82, 2.24) is 15.2 Å². The highest BCUT2D eigenvalue weighted by molar-refractivity contribution is 5.91. The van der Waals surface area contributed by atoms with Crippen LogP contribution < -0.4 is 5.32 Å². The molecule has 1 saturated carbocycles. The van der Waals surface area contributed by atoms with E-state index in [9.17, 15) is 9.18 Å². The third kappa shape index (κ3) is 2.78. The summed E-state index contributed by atoms with van der Waals surface area (Å²) in [6.45, 7) is 0. The number of aromatic amines is 1. The molecular formula is C13H13FN4O. The van der Waals surface area contributed by atoms with E-state index in [2.05, 4.69) is 20.5 Å². The SMILES string of the molecule is O=C(CC1CC1)Nc1ccc(-c2ncn[nH]2)cc1F. The van der Waals surface area contributed by atoms with Gasteiger partial charge in [-0.2, -0.15) is 5.10 Å². The van der Waals surface area contributed by atoms with E-state index in [1.54, 1.807) is 6.07 Å². The number of benzene rings is 1. The van der Waals surface area contributed by atoms with Gasteiger partial charge in [0.15, 0.2) is 5.82 Å². The van der Waals surface area contributed by atoms with Crippen LogP contribution in [0.25, 0.3) is 11.4 Å². The highest BCUT2D eigenvalue weighted by Gasteiger charge is 2.24. The van der Waals surface area contributed by atoms with Gasteiger partial charge in [-0.05, 0) is 37.0 Å². The molecule has 1 aromatic heterocycles. The van der Waals surface area contributed by atoms with Gasteiger partial charge in [0.05, 0.1) is 5.69 Å². The maximum absolute atomic E-state index is 13.9. The van der Waals surface area contributed by atoms with E-state index in [0.29, 0.717) is 23.7 Å². The molecule has 98 valence electrons. The lowest BCUT2D eigenvalue weighted by Crippen LogP contribution is -2.13. The number of nitrogens with zero attached hydrogens (tertiary/aromatic N) is 2. The molecule has 0 aliphatic heterocycles. The van der Waals surface area contributed by atoms with E-state index in [1.165, 1.54) is 18.5 Å². The smallest absolute Gasteiger partial charge is 0.224 e. The van der Waals surface area contributed by atoms with Gasteiger partial charge in [0, 0.05) is 12.0 Å². The van der Waals surface area contributed by atoms with Crippen molar-refractivity contribution in [2.24, 2.45) is 5.92 Å². The van der Waals surface area contributed by atoms with Crippen LogP contribution >= 0.6 is 0 Å². The zero-order valence-electron chi connectivity index (χ0n) is 10.2. The molecule has 1 aliphatic carbocycles. The Morgan fingerprint density at radius 3 is 2.95 bits per heavy atom. The molecule has 0 saturated heterocycles. The van der Waals surface area contributed by atoms with Gasteiger partial charge in [-0.1, -0.05) is 0 Å². The van der Waals surface area contributed by atoms with Crippen molar-refractivity contribution < 1.29 is 9.18 Å². The molecule has 5 nitrogen and oxygen atoms in total. The third-order valence-corrected chi connectivity index (χ3v) is 3.10. The van der Waals surface area contributed by atoms with Crippen molar-refractivity contribution in [3.63, 3.8) is 0 Å². The lowest BCUT2D eigenvalue weighted by Gasteiger charge is -2.07. The number of anilines is 1. The molecule has 0 bridgehead atoms. The summed E-state index contributed by atoms with van der Waals surface area (Å²) in [7, 11) is 0. The zero-order chi connectivity index (χ0) is 13.2. The van der Waals surface area contributed by atoms with Crippen LogP contribution in [0.15, 0.2) is 24.5 Å². The number of amides is 1. The highest BCUT2D eigenvalue weighted by Crippen LogP contribution is 2.32. The molecule has 0 spiro atoms. The van der Waals surface area contributed by atoms with Crippen LogP contribution in [-0.2, 0) is 4.79 Å². The number of nitrogens with one attached hydrogen (secondary N) is 2. The predicted octanol–water partition coefficient (Wildman–Crippen LogP) is 2.35. The largest absolute Gasteiger partial charge is 0.324 e. The summed E-state index contributed by atoms with van der Waals surface area (Å²) in [6.07, 6.45) is 4.03. The van der Waals surface area contributed by atoms with Crippen LogP contribution in [0, 0.1) is 11.7 Å². The number of H-pyrrole nitrogens is 1. The van der Waals surface area contributed by atoms with Gasteiger partial charge >= 0.3 is 0 Å². The van der Waals surface area contributed by atoms with Crippen molar-refractivity contribution in [3.05, 3.63) is 30.3 Å². The van der Waals surface area contributed by atoms with Gasteiger partial charge in [-0.25, -0.2) is 9.37 Å². The maximum atomic E-state index is 13.9. The number of carbonyl (C=O) groups excluding carboxylic acids is 1. The molecule has 1 amide bonds. The number of halogens is 1. The topological polar surface area (TPSA) is 70.7 Å². The first-order valence-electron chi connectivity index (χ1n) is 6.17. The first kappa shape index (κ1) is 11.8. The molecule has 2 aromatic rings. The van der Waals surface area contributed by atoms with Crippen molar-refractivity contribution in [2.45, 2.75) is 19.3 Å². The fraction of sp³-hybridized carbons (Fsp3) is 0.308. The van der Waals surface area contributed by atoms with Gasteiger partial charge in [0.1, 0.15) is 12.1 Å². The minimum absolute atomic E-state index is 0.131. The molecule has 1 aromatic carbocycles. The second-order valence-corrected chi connectivity index (χ2v) is 4.72. The number of rotatable bonds is 4. The average molecular weight is 260 g/mol. The van der Waals surface area contributed by atoms with Gasteiger partial charge in [-0.3, -0.25) is 9.89 Å². The lowest BCUT2D eigenvalue weighted by atomic mass is 10.2. The molecular weight excluding hydrogens is 247 g/mol. The van der Waals surface area contributed by atoms with Crippen molar-refractivity contribution in [1.29, 1.82) is 0 Å². The quantitative estimate of drug-likeness (QED) is 0.886. The molecule has 2 N–H and O–H groups in total. The Bertz CT molecular complexity index is 593. The molecule has 3 rings (SSSR count). The number of aromatic nitrogens is 3. The molecule has 1 aliphatic rings. The monoisotopic (exact) mass is 260 g/mol. The van der Waals surface area contributed by atoms with E-state index < -0.39 is 5.82 Å². The molecule has 1 heterocycles. The van der Waals surface area contributed by atoms with E-state index >= 15 is 0 Å². The minimum atomic E-state index is -0.474. The summed E-state index contributed by atoms with van der Waals surface area (Å²) in [5, 5.41) is 8.96. The van der Waals surface area contributed by atoms with Crippen LogP contribution in [0.3, 0.4) is 0 Å². The summed E-state index contributed by atoms with van der Waals surface area (Å²) in [5.41, 5.74) is 0.795. The Morgan fingerprint density at radius 2 is 2.32 bits per heavy atom. The number of carbonyl (C=O) groups is 1. The van der Waals surface area contributed by atoms with Crippen molar-refractivity contribution in [2.75, 3.05) is 5.32 Å². The second-order valence-electron chi connectivity index (χ2n) is 4.72. The summed E-state index contributed by atoms with van der Waals surface area (Å²) >= 11 is 0. The maximum Gasteiger partial charge on any atom is 0.224 e. The average Bonchev–Trinajstić information content (AvgIpc) is 3.03. The van der Waals surface area contributed by atoms with Crippen LogP contribution in [0.4, 0.5) is 10.1 Å². The summed E-state index contributed by atoms with van der Waals surface area (Å²) in [6, 6.07) is 4.56. The standard InChI is InChI=1S/C13H13FN4O/c14-10-6-9(13-15-7-16-18-13)3-4-11(10)17-12(19)5-8-1-2-8/h3-4,6-8H,1-2,5H2,(H,17,19)(H,15,16,18). The Kier molecular flexibility index (Phi) is 2.98. The van der Waals surface area contributed by atoms with E-state index in [4.69, 9.17) is 0 Å². The summed E-state index contributed by atoms with van der Waals surface area (Å²) in [4.78, 5) is 15.6. The minimum Gasteiger partial charge on any atom is -0.324 e. The first-order chi connectivity index (χ1) is 9.22. The van der Waals surface area contributed by atoms with Crippen molar-refractivity contribution >= 4 is 11.6 Å². The Hall–Kier alpha value is -2.24. The molecule has 1 fully saturated rings. The lowest BCUT2D eigenvalue weighted by molar-refractivity contribution is -0.116. The zero-order valence-corrected chi connectivity index (χ0v) is 10.2. The van der Waals surface area contributed by atoms with Crippen LogP contribution in [0.1, 0.15) is 19.3 Å². The predicted molar refractivity (Wildman–Crippen MR) is 67.7 cm³/mol. The highest BCUT2D eigenvalue weighted by atomic mass is 19.1. The van der Waals surface area contributed by atoms with E-state index in [-0.39, 0.29) is 11.6 Å². The van der Waals surface area contributed by atoms with Crippen LogP contribution in [-0.4, -0.2) is 21.1 Å². The summed E-state index contributed by atoms with van der Waals surface area (Å²) in [5.74, 6) is 0.373. The summed E-state index contributed by atoms with van der Waals surface area (Å²) < 4.78 is 13.9. The fourth-order valence-electron chi connectivity index (χ4n) is 1.89. The number of hydrogen-bond acceptors (Lipinski definition) is 3. The second kappa shape index (κ2) is 4.79. The van der Waals surface area contributed by atoms with E-state index in [1.807, 2.05) is 0 Å². The molecule has 6 heteroatoms. The van der Waals surface area contributed by atoms with Gasteiger partial charge in [0.25, 0.3) is 0 Å². The van der Waals surface area contributed by atoms with Gasteiger partial charge in [-0.15, -0.1) is 0 Å². The molecule has 0 unspecified atom stereocenters. The van der Waals surface area contributed by atoms with Crippen LogP contribution in [0.5, 0.6) is 0 Å². The Labute approximate surface area is 109 Å². The Morgan fingerprint density at radius 1 is 1.47 bits per heavy atom. The normalized spacial score (nSPS) is 14.4. The fourth-order valence-corrected chi connectivity index (χ4v) is 1.89. The van der Waals surface area contributed by atoms with Crippen molar-refractivity contribution in [3.8, 4) is 11.4 Å². The third-order valence-electron chi connectivity index (χ3n) is 3.10.